The molecular weight excluding hydrogens is 183 g/mol. The van der Waals surface area contributed by atoms with Gasteiger partial charge in [-0.3, -0.25) is 0 Å². The number of benzene rings is 1. The molecule has 10 heavy (non-hydrogen) atoms. The van der Waals surface area contributed by atoms with Gasteiger partial charge in [-0.05, 0) is 0 Å². The van der Waals surface area contributed by atoms with Gasteiger partial charge in [-0.15, -0.1) is 0 Å². The molecule has 1 unspecified atom stereocenters. The summed E-state index contributed by atoms with van der Waals surface area (Å²) in [7, 11) is 0. The molecule has 0 nitrogen and oxygen atoms in total. The van der Waals surface area contributed by atoms with Crippen molar-refractivity contribution in [3.8, 4) is 0 Å². The normalized spacial score (nSPS) is 11.5. The average Bonchev–Trinajstić information content (AvgIpc) is 1.88. The van der Waals surface area contributed by atoms with Crippen molar-refractivity contribution >= 4 is 16.9 Å². The van der Waals surface area contributed by atoms with Gasteiger partial charge >= 0.3 is 70.8 Å². The van der Waals surface area contributed by atoms with Gasteiger partial charge in [0.05, 0.1) is 0 Å². The first-order valence-electron chi connectivity index (χ1n) is 3.45. The van der Waals surface area contributed by atoms with E-state index in [-0.39, 0.29) is 0 Å². The molecule has 0 N–H and O–H groups in total. The molecule has 1 aromatic carbocycles. The summed E-state index contributed by atoms with van der Waals surface area (Å²) < 4.78 is 0.355. The van der Waals surface area contributed by atoms with Crippen LogP contribution in [0.4, 0.5) is 0 Å². The van der Waals surface area contributed by atoms with Crippen molar-refractivity contribution in [2.45, 2.75) is 18.1 Å². The van der Waals surface area contributed by atoms with Crippen molar-refractivity contribution in [1.29, 1.82) is 0 Å². The van der Waals surface area contributed by atoms with Crippen molar-refractivity contribution in [3.63, 3.8) is 0 Å². The van der Waals surface area contributed by atoms with Crippen LogP contribution in [0.15, 0.2) is 30.3 Å². The van der Waals surface area contributed by atoms with Crippen LogP contribution in [0.25, 0.3) is 0 Å². The van der Waals surface area contributed by atoms with Crippen LogP contribution in [-0.2, 0) is 4.20 Å². The Morgan fingerprint density at radius 1 is 1.10 bits per heavy atom. The van der Waals surface area contributed by atoms with E-state index in [1.165, 1.54) is 5.56 Å². The van der Waals surface area contributed by atoms with Gasteiger partial charge in [0.25, 0.3) is 0 Å². The van der Waals surface area contributed by atoms with Crippen LogP contribution in [0.3, 0.4) is 0 Å². The van der Waals surface area contributed by atoms with Gasteiger partial charge in [0.2, 0.25) is 0 Å². The summed E-state index contributed by atoms with van der Waals surface area (Å²) in [5.74, 6) is 0. The van der Waals surface area contributed by atoms with E-state index in [1.807, 2.05) is 0 Å². The van der Waals surface area contributed by atoms with Crippen LogP contribution in [0, 0.1) is 0 Å². The fourth-order valence-corrected chi connectivity index (χ4v) is 1.27. The van der Waals surface area contributed by atoms with Gasteiger partial charge < -0.3 is 0 Å². The molecule has 0 spiro atoms. The first kappa shape index (κ1) is 7.88. The summed E-state index contributed by atoms with van der Waals surface area (Å²) in [6, 6.07) is 10.6. The Kier molecular flexibility index (Phi) is 2.20. The van der Waals surface area contributed by atoms with E-state index in [4.69, 9.17) is 0 Å². The second kappa shape index (κ2) is 2.80. The van der Waals surface area contributed by atoms with Gasteiger partial charge in [0.1, 0.15) is 0 Å². The zero-order chi connectivity index (χ0) is 7.61. The van der Waals surface area contributed by atoms with Crippen LogP contribution in [-0.4, -0.2) is 16.9 Å². The molecule has 0 aliphatic heterocycles. The topological polar surface area (TPSA) is 0 Å². The van der Waals surface area contributed by atoms with Gasteiger partial charge in [0, 0.05) is 0 Å². The molecule has 0 bridgehead atoms. The SMILES string of the molecule is CC(C)([AsH2])c1ccccc1. The summed E-state index contributed by atoms with van der Waals surface area (Å²) in [4.78, 5) is 0. The third kappa shape index (κ3) is 1.88. The zero-order valence-electron chi connectivity index (χ0n) is 6.46. The van der Waals surface area contributed by atoms with E-state index in [1.54, 1.807) is 16.9 Å². The first-order valence-corrected chi connectivity index (χ1v) is 4.66. The quantitative estimate of drug-likeness (QED) is 0.598. The van der Waals surface area contributed by atoms with E-state index in [9.17, 15) is 0 Å². The summed E-state index contributed by atoms with van der Waals surface area (Å²) in [5.41, 5.74) is 1.43. The molecule has 1 aromatic rings. The predicted molar refractivity (Wildman–Crippen MR) is 48.0 cm³/mol. The van der Waals surface area contributed by atoms with Gasteiger partial charge in [-0.25, -0.2) is 0 Å². The Bertz CT molecular complexity index is 196. The van der Waals surface area contributed by atoms with Crippen molar-refractivity contribution in [2.24, 2.45) is 0 Å². The van der Waals surface area contributed by atoms with Crippen LogP contribution >= 0.6 is 0 Å². The van der Waals surface area contributed by atoms with Gasteiger partial charge in [-0.2, -0.15) is 0 Å². The predicted octanol–water partition coefficient (Wildman–Crippen LogP) is 1.55. The van der Waals surface area contributed by atoms with E-state index in [2.05, 4.69) is 44.2 Å². The summed E-state index contributed by atoms with van der Waals surface area (Å²) in [6.45, 7) is 4.50. The van der Waals surface area contributed by atoms with E-state index >= 15 is 0 Å². The molecule has 1 rings (SSSR count). The summed E-state index contributed by atoms with van der Waals surface area (Å²) in [5, 5.41) is 0. The van der Waals surface area contributed by atoms with Crippen molar-refractivity contribution in [2.75, 3.05) is 0 Å². The van der Waals surface area contributed by atoms with Crippen molar-refractivity contribution in [1.82, 2.24) is 0 Å². The summed E-state index contributed by atoms with van der Waals surface area (Å²) >= 11 is 1.77. The van der Waals surface area contributed by atoms with Gasteiger partial charge in [-0.1, -0.05) is 0 Å². The third-order valence-corrected chi connectivity index (χ3v) is 2.22. The van der Waals surface area contributed by atoms with Crippen LogP contribution in [0.2, 0.25) is 0 Å². The summed E-state index contributed by atoms with van der Waals surface area (Å²) in [6.07, 6.45) is 0. The number of rotatable bonds is 1. The Morgan fingerprint density at radius 2 is 1.60 bits per heavy atom. The molecule has 0 aliphatic rings. The average molecular weight is 196 g/mol. The van der Waals surface area contributed by atoms with Crippen LogP contribution in [0.5, 0.6) is 0 Å². The van der Waals surface area contributed by atoms with E-state index < -0.39 is 0 Å². The molecule has 0 amide bonds. The Hall–Kier alpha value is -0.222. The second-order valence-electron chi connectivity index (χ2n) is 3.09. The molecule has 1 atom stereocenters. The fraction of sp³-hybridized carbons (Fsp3) is 0.333. The molecule has 0 fully saturated rings. The maximum atomic E-state index is 2.25. The third-order valence-electron chi connectivity index (χ3n) is 1.52. The minimum absolute atomic E-state index is 0.355. The minimum atomic E-state index is 0.355. The Morgan fingerprint density at radius 3 is 1.90 bits per heavy atom. The van der Waals surface area contributed by atoms with Crippen LogP contribution < -0.4 is 0 Å². The molecule has 0 aromatic heterocycles. The van der Waals surface area contributed by atoms with Crippen molar-refractivity contribution < 1.29 is 0 Å². The zero-order valence-corrected chi connectivity index (χ0v) is 8.89. The Balaban J connectivity index is 2.97. The monoisotopic (exact) mass is 196 g/mol. The molecule has 1 heteroatoms. The molecule has 0 heterocycles. The fourth-order valence-electron chi connectivity index (χ4n) is 0.868. The number of hydrogen-bond acceptors (Lipinski definition) is 0. The molecule has 0 aliphatic carbocycles. The number of hydrogen-bond donors (Lipinski definition) is 0. The molecular formula is C9H13As. The maximum absolute atomic E-state index is 2.25. The Labute approximate surface area is 71.1 Å². The molecule has 0 saturated carbocycles. The second-order valence-corrected chi connectivity index (χ2v) is 6.12. The van der Waals surface area contributed by atoms with E-state index in [0.717, 1.165) is 0 Å². The molecule has 0 radical (unpaired) electrons. The van der Waals surface area contributed by atoms with E-state index in [0.29, 0.717) is 4.20 Å². The first-order chi connectivity index (χ1) is 4.61. The van der Waals surface area contributed by atoms with Crippen molar-refractivity contribution in [3.05, 3.63) is 35.9 Å². The molecule has 54 valence electrons. The van der Waals surface area contributed by atoms with Gasteiger partial charge in [0.15, 0.2) is 0 Å². The molecule has 0 saturated heterocycles. The van der Waals surface area contributed by atoms with Crippen LogP contribution in [0.1, 0.15) is 19.4 Å². The standard InChI is InChI=1S/C9H13As/c1-9(2,10)8-6-4-3-5-7-8/h3-7H,10H2,1-2H3.